The van der Waals surface area contributed by atoms with Crippen molar-refractivity contribution in [3.05, 3.63) is 29.6 Å². The number of carbonyl (C=O) groups excluding carboxylic acids is 2. The average molecular weight is 342 g/mol. The van der Waals surface area contributed by atoms with Crippen molar-refractivity contribution in [1.82, 2.24) is 10.2 Å². The minimum Gasteiger partial charge on any atom is -0.341 e. The van der Waals surface area contributed by atoms with Crippen molar-refractivity contribution in [2.75, 3.05) is 25.5 Å². The summed E-state index contributed by atoms with van der Waals surface area (Å²) in [6, 6.07) is 4.51. The number of fused-ring (bicyclic) bond motifs is 1. The Morgan fingerprint density at radius 1 is 1.43 bits per heavy atom. The molecule has 0 radical (unpaired) electrons. The smallest absolute Gasteiger partial charge is 0.230 e. The van der Waals surface area contributed by atoms with E-state index in [1.54, 1.807) is 6.07 Å². The van der Waals surface area contributed by atoms with E-state index in [1.165, 1.54) is 12.1 Å². The zero-order chi connectivity index (χ0) is 15.7. The van der Waals surface area contributed by atoms with Crippen LogP contribution in [0.1, 0.15) is 30.7 Å². The highest BCUT2D eigenvalue weighted by molar-refractivity contribution is 6.01. The lowest BCUT2D eigenvalue weighted by molar-refractivity contribution is -0.136. The molecule has 1 aromatic carbocycles. The van der Waals surface area contributed by atoms with Crippen LogP contribution >= 0.6 is 12.4 Å². The van der Waals surface area contributed by atoms with Crippen molar-refractivity contribution in [3.63, 3.8) is 0 Å². The molecule has 1 saturated heterocycles. The first-order valence-electron chi connectivity index (χ1n) is 7.64. The summed E-state index contributed by atoms with van der Waals surface area (Å²) in [5.74, 6) is -1.21. The van der Waals surface area contributed by atoms with Gasteiger partial charge in [-0.2, -0.15) is 0 Å². The highest BCUT2D eigenvalue weighted by Crippen LogP contribution is 2.34. The number of hydrogen-bond donors (Lipinski definition) is 2. The van der Waals surface area contributed by atoms with Crippen LogP contribution in [0.3, 0.4) is 0 Å². The van der Waals surface area contributed by atoms with E-state index < -0.39 is 11.7 Å². The number of nitrogens with zero attached hydrogens (tertiary/aromatic N) is 1. The third-order valence-electron chi connectivity index (χ3n) is 4.49. The molecule has 2 unspecified atom stereocenters. The van der Waals surface area contributed by atoms with E-state index >= 15 is 0 Å². The van der Waals surface area contributed by atoms with Gasteiger partial charge in [0.25, 0.3) is 0 Å². The molecule has 126 valence electrons. The van der Waals surface area contributed by atoms with Crippen LogP contribution in [0.5, 0.6) is 0 Å². The largest absolute Gasteiger partial charge is 0.341 e. The number of hydrogen-bond acceptors (Lipinski definition) is 3. The van der Waals surface area contributed by atoms with E-state index in [9.17, 15) is 14.0 Å². The molecule has 2 aliphatic rings. The van der Waals surface area contributed by atoms with Gasteiger partial charge in [0.15, 0.2) is 0 Å². The van der Waals surface area contributed by atoms with Gasteiger partial charge in [-0.1, -0.05) is 6.07 Å². The number of benzene rings is 1. The summed E-state index contributed by atoms with van der Waals surface area (Å²) < 4.78 is 13.3. The predicted octanol–water partition coefficient (Wildman–Crippen LogP) is 1.88. The molecule has 3 rings (SSSR count). The van der Waals surface area contributed by atoms with E-state index in [0.29, 0.717) is 30.4 Å². The van der Waals surface area contributed by atoms with Crippen LogP contribution in [-0.2, 0) is 9.59 Å². The van der Waals surface area contributed by atoms with Gasteiger partial charge in [-0.25, -0.2) is 4.39 Å². The van der Waals surface area contributed by atoms with Gasteiger partial charge in [0.1, 0.15) is 5.82 Å². The molecule has 2 N–H and O–H groups in total. The van der Waals surface area contributed by atoms with Crippen LogP contribution in [-0.4, -0.2) is 42.9 Å². The molecular weight excluding hydrogens is 321 g/mol. The average Bonchev–Trinajstić information content (AvgIpc) is 2.53. The molecule has 0 spiro atoms. The second kappa shape index (κ2) is 7.27. The quantitative estimate of drug-likeness (QED) is 0.863. The van der Waals surface area contributed by atoms with Crippen molar-refractivity contribution in [3.8, 4) is 0 Å². The Morgan fingerprint density at radius 3 is 2.96 bits per heavy atom. The standard InChI is InChI=1S/C16H20FN3O2.ClH/c1-18-11-3-2-6-20(9-11)16(22)13-8-15(21)19-14-7-10(17)4-5-12(13)14;/h4-5,7,11,13,18H,2-3,6,8-9H2,1H3,(H,19,21);1H. The topological polar surface area (TPSA) is 61.4 Å². The van der Waals surface area contributed by atoms with Crippen LogP contribution in [0.2, 0.25) is 0 Å². The summed E-state index contributed by atoms with van der Waals surface area (Å²) >= 11 is 0. The molecule has 0 bridgehead atoms. The first-order chi connectivity index (χ1) is 10.6. The normalized spacial score (nSPS) is 23.6. The fourth-order valence-electron chi connectivity index (χ4n) is 3.29. The Labute approximate surface area is 141 Å². The fraction of sp³-hybridized carbons (Fsp3) is 0.500. The minimum atomic E-state index is -0.514. The number of halogens is 2. The van der Waals surface area contributed by atoms with Gasteiger partial charge < -0.3 is 15.5 Å². The summed E-state index contributed by atoms with van der Waals surface area (Å²) in [7, 11) is 1.89. The molecular formula is C16H21ClFN3O2. The van der Waals surface area contributed by atoms with Crippen LogP contribution in [0.15, 0.2) is 18.2 Å². The van der Waals surface area contributed by atoms with Crippen molar-refractivity contribution >= 4 is 29.9 Å². The molecule has 2 amide bonds. The van der Waals surface area contributed by atoms with Crippen molar-refractivity contribution < 1.29 is 14.0 Å². The lowest BCUT2D eigenvalue weighted by Gasteiger charge is -2.36. The highest BCUT2D eigenvalue weighted by atomic mass is 35.5. The molecule has 2 atom stereocenters. The summed E-state index contributed by atoms with van der Waals surface area (Å²) in [6.07, 6.45) is 2.12. The lowest BCUT2D eigenvalue weighted by atomic mass is 9.88. The van der Waals surface area contributed by atoms with E-state index in [0.717, 1.165) is 12.8 Å². The van der Waals surface area contributed by atoms with Crippen LogP contribution in [0.25, 0.3) is 0 Å². The maximum absolute atomic E-state index is 13.3. The first-order valence-corrected chi connectivity index (χ1v) is 7.64. The number of likely N-dealkylation sites (N-methyl/N-ethyl adjacent to an activating group) is 1. The van der Waals surface area contributed by atoms with E-state index in [2.05, 4.69) is 10.6 Å². The van der Waals surface area contributed by atoms with Crippen LogP contribution in [0.4, 0.5) is 10.1 Å². The van der Waals surface area contributed by atoms with Gasteiger partial charge in [0, 0.05) is 31.2 Å². The molecule has 0 aromatic heterocycles. The molecule has 1 fully saturated rings. The number of likely N-dealkylation sites (tertiary alicyclic amines) is 1. The van der Waals surface area contributed by atoms with E-state index in [-0.39, 0.29) is 30.6 Å². The summed E-state index contributed by atoms with van der Waals surface area (Å²) in [5, 5.41) is 5.85. The maximum atomic E-state index is 13.3. The van der Waals surface area contributed by atoms with Crippen molar-refractivity contribution in [1.29, 1.82) is 0 Å². The second-order valence-electron chi connectivity index (χ2n) is 5.95. The first kappa shape index (κ1) is 17.7. The monoisotopic (exact) mass is 341 g/mol. The Morgan fingerprint density at radius 2 is 2.22 bits per heavy atom. The fourth-order valence-corrected chi connectivity index (χ4v) is 3.29. The Balaban J connectivity index is 0.00000192. The van der Waals surface area contributed by atoms with Gasteiger partial charge in [0.2, 0.25) is 11.8 Å². The molecule has 1 aromatic rings. The van der Waals surface area contributed by atoms with Crippen molar-refractivity contribution in [2.45, 2.75) is 31.2 Å². The van der Waals surface area contributed by atoms with E-state index in [4.69, 9.17) is 0 Å². The predicted molar refractivity (Wildman–Crippen MR) is 88.3 cm³/mol. The lowest BCUT2D eigenvalue weighted by Crippen LogP contribution is -2.49. The number of piperidine rings is 1. The molecule has 7 heteroatoms. The highest BCUT2D eigenvalue weighted by Gasteiger charge is 2.35. The third-order valence-corrected chi connectivity index (χ3v) is 4.49. The SMILES string of the molecule is CNC1CCCN(C(=O)C2CC(=O)Nc3cc(F)ccc32)C1.Cl. The van der Waals surface area contributed by atoms with Crippen LogP contribution in [0, 0.1) is 5.82 Å². The Bertz CT molecular complexity index is 611. The number of amides is 2. The molecule has 0 saturated carbocycles. The number of carbonyl (C=O) groups is 2. The Hall–Kier alpha value is -1.66. The second-order valence-corrected chi connectivity index (χ2v) is 5.95. The summed E-state index contributed by atoms with van der Waals surface area (Å²) in [5.41, 5.74) is 1.12. The molecule has 5 nitrogen and oxygen atoms in total. The number of anilines is 1. The minimum absolute atomic E-state index is 0. The van der Waals surface area contributed by atoms with Gasteiger partial charge in [0.05, 0.1) is 5.92 Å². The number of rotatable bonds is 2. The van der Waals surface area contributed by atoms with Gasteiger partial charge in [-0.3, -0.25) is 9.59 Å². The number of nitrogens with one attached hydrogen (secondary N) is 2. The molecule has 2 heterocycles. The van der Waals surface area contributed by atoms with E-state index in [1.807, 2.05) is 11.9 Å². The van der Waals surface area contributed by atoms with Crippen LogP contribution < -0.4 is 10.6 Å². The summed E-state index contributed by atoms with van der Waals surface area (Å²) in [6.45, 7) is 1.37. The molecule has 23 heavy (non-hydrogen) atoms. The zero-order valence-electron chi connectivity index (χ0n) is 13.0. The Kier molecular flexibility index (Phi) is 5.59. The van der Waals surface area contributed by atoms with Gasteiger partial charge in [-0.15, -0.1) is 12.4 Å². The van der Waals surface area contributed by atoms with Gasteiger partial charge in [-0.05, 0) is 37.6 Å². The molecule has 2 aliphatic heterocycles. The molecule has 0 aliphatic carbocycles. The maximum Gasteiger partial charge on any atom is 0.230 e. The summed E-state index contributed by atoms with van der Waals surface area (Å²) in [4.78, 5) is 26.5. The van der Waals surface area contributed by atoms with Crippen molar-refractivity contribution in [2.24, 2.45) is 0 Å². The third kappa shape index (κ3) is 3.64. The zero-order valence-corrected chi connectivity index (χ0v) is 13.8. The van der Waals surface area contributed by atoms with Gasteiger partial charge >= 0.3 is 0 Å².